The van der Waals surface area contributed by atoms with Gasteiger partial charge in [-0.3, -0.25) is 10.1 Å². The molecule has 1 N–H and O–H groups in total. The molecule has 2 aromatic carbocycles. The van der Waals surface area contributed by atoms with Crippen molar-refractivity contribution in [1.29, 1.82) is 0 Å². The fraction of sp³-hybridized carbons (Fsp3) is 0.333. The number of ether oxygens (including phenoxy) is 1. The minimum atomic E-state index is -3.86. The molecule has 2 aromatic rings. The van der Waals surface area contributed by atoms with Gasteiger partial charge in [-0.1, -0.05) is 24.3 Å². The lowest BCUT2D eigenvalue weighted by atomic mass is 10.1. The first-order valence-electron chi connectivity index (χ1n) is 8.76. The SMILES string of the molecule is O=[N+]([O-])c1cc(S(=O)(=O)N2CCOCC2)ccc1NCc1ccc(C(F)F)cc1. The number of sulfonamides is 1. The minimum Gasteiger partial charge on any atom is -0.379 e. The molecule has 0 spiro atoms. The zero-order valence-electron chi connectivity index (χ0n) is 15.3. The van der Waals surface area contributed by atoms with Gasteiger partial charge in [-0.25, -0.2) is 17.2 Å². The smallest absolute Gasteiger partial charge is 0.293 e. The topological polar surface area (TPSA) is 102 Å². The number of benzene rings is 2. The van der Waals surface area contributed by atoms with E-state index in [1.165, 1.54) is 40.7 Å². The van der Waals surface area contributed by atoms with Crippen LogP contribution in [0.2, 0.25) is 0 Å². The van der Waals surface area contributed by atoms with Gasteiger partial charge in [-0.05, 0) is 17.7 Å². The molecule has 1 aliphatic rings. The predicted molar refractivity (Wildman–Crippen MR) is 101 cm³/mol. The van der Waals surface area contributed by atoms with Crippen molar-refractivity contribution in [1.82, 2.24) is 4.31 Å². The van der Waals surface area contributed by atoms with E-state index in [4.69, 9.17) is 4.74 Å². The molecule has 0 atom stereocenters. The van der Waals surface area contributed by atoms with E-state index >= 15 is 0 Å². The highest BCUT2D eigenvalue weighted by Gasteiger charge is 2.28. The first kappa shape index (κ1) is 21.1. The number of nitrogens with zero attached hydrogens (tertiary/aromatic N) is 2. The number of rotatable bonds is 7. The maximum Gasteiger partial charge on any atom is 0.293 e. The standard InChI is InChI=1S/C18H19F2N3O5S/c19-18(20)14-3-1-13(2-4-14)12-21-16-6-5-15(11-17(16)23(24)25)29(26,27)22-7-9-28-10-8-22/h1-6,11,18,21H,7-10,12H2. The summed E-state index contributed by atoms with van der Waals surface area (Å²) in [6.45, 7) is 1.06. The van der Waals surface area contributed by atoms with Crippen LogP contribution < -0.4 is 5.32 Å². The van der Waals surface area contributed by atoms with E-state index in [-0.39, 0.29) is 54.7 Å². The normalized spacial score (nSPS) is 15.4. The molecular formula is C18H19F2N3O5S. The van der Waals surface area contributed by atoms with Crippen LogP contribution in [0.25, 0.3) is 0 Å². The van der Waals surface area contributed by atoms with Gasteiger partial charge in [0.05, 0.1) is 23.0 Å². The van der Waals surface area contributed by atoms with Gasteiger partial charge < -0.3 is 10.1 Å². The summed E-state index contributed by atoms with van der Waals surface area (Å²) in [6.07, 6.45) is -2.57. The zero-order valence-corrected chi connectivity index (χ0v) is 16.1. The summed E-state index contributed by atoms with van der Waals surface area (Å²) in [6, 6.07) is 9.23. The van der Waals surface area contributed by atoms with E-state index in [1.807, 2.05) is 0 Å². The molecule has 0 aromatic heterocycles. The van der Waals surface area contributed by atoms with Gasteiger partial charge in [0, 0.05) is 31.3 Å². The molecule has 8 nitrogen and oxygen atoms in total. The molecule has 0 bridgehead atoms. The van der Waals surface area contributed by atoms with Gasteiger partial charge in [0.15, 0.2) is 0 Å². The number of nitrogens with one attached hydrogen (secondary N) is 1. The predicted octanol–water partition coefficient (Wildman–Crippen LogP) is 3.17. The molecular weight excluding hydrogens is 408 g/mol. The van der Waals surface area contributed by atoms with E-state index in [0.717, 1.165) is 6.07 Å². The molecule has 0 unspecified atom stereocenters. The number of alkyl halides is 2. The van der Waals surface area contributed by atoms with E-state index < -0.39 is 21.4 Å². The molecule has 11 heteroatoms. The number of hydrogen-bond acceptors (Lipinski definition) is 6. The lowest BCUT2D eigenvalue weighted by Gasteiger charge is -2.26. The van der Waals surface area contributed by atoms with Crippen LogP contribution in [0, 0.1) is 10.1 Å². The highest BCUT2D eigenvalue weighted by atomic mass is 32.2. The first-order chi connectivity index (χ1) is 13.8. The van der Waals surface area contributed by atoms with Crippen LogP contribution in [0.5, 0.6) is 0 Å². The summed E-state index contributed by atoms with van der Waals surface area (Å²) >= 11 is 0. The van der Waals surface area contributed by atoms with Crippen LogP contribution in [-0.4, -0.2) is 43.9 Å². The average molecular weight is 427 g/mol. The number of morpholine rings is 1. The molecule has 1 fully saturated rings. The average Bonchev–Trinajstić information content (AvgIpc) is 2.73. The second-order valence-corrected chi connectivity index (χ2v) is 8.29. The van der Waals surface area contributed by atoms with Gasteiger partial charge in [-0.2, -0.15) is 4.31 Å². The second-order valence-electron chi connectivity index (χ2n) is 6.35. The van der Waals surface area contributed by atoms with E-state index in [0.29, 0.717) is 5.56 Å². The van der Waals surface area contributed by atoms with E-state index in [2.05, 4.69) is 5.32 Å². The summed E-state index contributed by atoms with van der Waals surface area (Å²) < 4.78 is 57.0. The van der Waals surface area contributed by atoms with Crippen LogP contribution in [0.4, 0.5) is 20.2 Å². The number of nitro benzene ring substituents is 1. The van der Waals surface area contributed by atoms with E-state index in [9.17, 15) is 27.3 Å². The quantitative estimate of drug-likeness (QED) is 0.538. The molecule has 1 aliphatic heterocycles. The molecule has 0 aliphatic carbocycles. The first-order valence-corrected chi connectivity index (χ1v) is 10.2. The lowest BCUT2D eigenvalue weighted by Crippen LogP contribution is -2.40. The molecule has 1 heterocycles. The summed E-state index contributed by atoms with van der Waals surface area (Å²) in [5, 5.41) is 14.3. The van der Waals surface area contributed by atoms with Crippen LogP contribution >= 0.6 is 0 Å². The Labute approximate surface area is 166 Å². The Morgan fingerprint density at radius 3 is 2.38 bits per heavy atom. The Morgan fingerprint density at radius 2 is 1.79 bits per heavy atom. The summed E-state index contributed by atoms with van der Waals surface area (Å²) in [4.78, 5) is 10.6. The largest absolute Gasteiger partial charge is 0.379 e. The number of halogens is 2. The molecule has 3 rings (SSSR count). The Kier molecular flexibility index (Phi) is 6.40. The van der Waals surface area contributed by atoms with Crippen molar-refractivity contribution in [2.75, 3.05) is 31.6 Å². The Hall–Kier alpha value is -2.63. The second kappa shape index (κ2) is 8.80. The van der Waals surface area contributed by atoms with Gasteiger partial charge in [0.25, 0.3) is 12.1 Å². The van der Waals surface area contributed by atoms with Crippen molar-refractivity contribution in [2.45, 2.75) is 17.9 Å². The highest BCUT2D eigenvalue weighted by molar-refractivity contribution is 7.89. The van der Waals surface area contributed by atoms with Crippen molar-refractivity contribution in [3.63, 3.8) is 0 Å². The Bertz CT molecular complexity index is 977. The van der Waals surface area contributed by atoms with Crippen LogP contribution in [0.1, 0.15) is 17.6 Å². The van der Waals surface area contributed by atoms with Crippen molar-refractivity contribution in [2.24, 2.45) is 0 Å². The summed E-state index contributed by atoms with van der Waals surface area (Å²) in [5.74, 6) is 0. The zero-order chi connectivity index (χ0) is 21.0. The van der Waals surface area contributed by atoms with Crippen molar-refractivity contribution in [3.8, 4) is 0 Å². The maximum absolute atomic E-state index is 12.7. The molecule has 1 saturated heterocycles. The van der Waals surface area contributed by atoms with Crippen LogP contribution in [-0.2, 0) is 21.3 Å². The molecule has 0 radical (unpaired) electrons. The maximum atomic E-state index is 12.7. The van der Waals surface area contributed by atoms with Gasteiger partial charge in [0.2, 0.25) is 10.0 Å². The third-order valence-electron chi connectivity index (χ3n) is 4.49. The molecule has 156 valence electrons. The summed E-state index contributed by atoms with van der Waals surface area (Å²) in [5.41, 5.74) is 0.281. The number of nitro groups is 1. The lowest BCUT2D eigenvalue weighted by molar-refractivity contribution is -0.384. The van der Waals surface area contributed by atoms with E-state index in [1.54, 1.807) is 0 Å². The number of hydrogen-bond donors (Lipinski definition) is 1. The van der Waals surface area contributed by atoms with Gasteiger partial charge in [-0.15, -0.1) is 0 Å². The third kappa shape index (κ3) is 4.86. The van der Waals surface area contributed by atoms with Crippen molar-refractivity contribution >= 4 is 21.4 Å². The molecule has 29 heavy (non-hydrogen) atoms. The Morgan fingerprint density at radius 1 is 1.14 bits per heavy atom. The van der Waals surface area contributed by atoms with Crippen LogP contribution in [0.15, 0.2) is 47.4 Å². The van der Waals surface area contributed by atoms with Gasteiger partial charge >= 0.3 is 0 Å². The Balaban J connectivity index is 1.80. The van der Waals surface area contributed by atoms with Crippen LogP contribution in [0.3, 0.4) is 0 Å². The third-order valence-corrected chi connectivity index (χ3v) is 6.38. The highest BCUT2D eigenvalue weighted by Crippen LogP contribution is 2.30. The molecule has 0 saturated carbocycles. The fourth-order valence-electron chi connectivity index (χ4n) is 2.89. The van der Waals surface area contributed by atoms with Crippen molar-refractivity contribution < 1.29 is 26.9 Å². The molecule has 0 amide bonds. The number of anilines is 1. The monoisotopic (exact) mass is 427 g/mol. The fourth-order valence-corrected chi connectivity index (χ4v) is 4.32. The minimum absolute atomic E-state index is 0.114. The van der Waals surface area contributed by atoms with Gasteiger partial charge in [0.1, 0.15) is 5.69 Å². The summed E-state index contributed by atoms with van der Waals surface area (Å²) in [7, 11) is -3.86. The van der Waals surface area contributed by atoms with Crippen molar-refractivity contribution in [3.05, 3.63) is 63.7 Å².